The normalized spacial score (nSPS) is 14.6. The van der Waals surface area contributed by atoms with E-state index < -0.39 is 5.56 Å². The topological polar surface area (TPSA) is 131 Å². The number of carbonyl (C=O) groups excluding carboxylic acids is 2. The third-order valence-electron chi connectivity index (χ3n) is 8.35. The highest BCUT2D eigenvalue weighted by molar-refractivity contribution is 6.41. The van der Waals surface area contributed by atoms with Gasteiger partial charge in [-0.15, -0.1) is 0 Å². The van der Waals surface area contributed by atoms with Crippen molar-refractivity contribution in [3.8, 4) is 34.5 Å². The lowest BCUT2D eigenvalue weighted by molar-refractivity contribution is -0.129. The number of carbonyl (C=O) groups is 2. The molecule has 0 aliphatic carbocycles. The molecule has 0 saturated carbocycles. The van der Waals surface area contributed by atoms with Gasteiger partial charge in [0.1, 0.15) is 17.1 Å². The average molecular weight is 707 g/mol. The first-order chi connectivity index (χ1) is 23.5. The van der Waals surface area contributed by atoms with E-state index in [2.05, 4.69) is 32.4 Å². The van der Waals surface area contributed by atoms with Crippen LogP contribution in [0.25, 0.3) is 22.2 Å². The summed E-state index contributed by atoms with van der Waals surface area (Å²) >= 11 is 13.6. The molecule has 1 unspecified atom stereocenters. The van der Waals surface area contributed by atoms with Crippen LogP contribution in [0, 0.1) is 18.8 Å². The molecule has 2 N–H and O–H groups in total. The van der Waals surface area contributed by atoms with Crippen LogP contribution in [0.15, 0.2) is 41.3 Å². The second kappa shape index (κ2) is 15.2. The number of methoxy groups -OCH3 is 2. The Hall–Kier alpha value is -4.83. The fraction of sp³-hybridized carbons (Fsp3) is 0.343. The van der Waals surface area contributed by atoms with E-state index in [0.717, 1.165) is 5.56 Å². The number of nitrogens with one attached hydrogen (secondary N) is 2. The van der Waals surface area contributed by atoms with Crippen molar-refractivity contribution in [2.24, 2.45) is 0 Å². The van der Waals surface area contributed by atoms with E-state index in [-0.39, 0.29) is 63.0 Å². The van der Waals surface area contributed by atoms with E-state index in [1.807, 2.05) is 26.1 Å². The number of fused-ring (bicyclic) bond motifs is 1. The predicted octanol–water partition coefficient (Wildman–Crippen LogP) is 5.35. The molecule has 0 spiro atoms. The quantitative estimate of drug-likeness (QED) is 0.221. The average Bonchev–Trinajstić information content (AvgIpc) is 3.06. The Kier molecular flexibility index (Phi) is 11.0. The van der Waals surface area contributed by atoms with Crippen molar-refractivity contribution in [3.05, 3.63) is 62.5 Å². The van der Waals surface area contributed by atoms with Gasteiger partial charge in [-0.2, -0.15) is 4.98 Å². The van der Waals surface area contributed by atoms with Crippen molar-refractivity contribution < 1.29 is 19.1 Å². The maximum absolute atomic E-state index is 14.6. The third kappa shape index (κ3) is 7.44. The van der Waals surface area contributed by atoms with Crippen molar-refractivity contribution in [1.82, 2.24) is 24.3 Å². The number of rotatable bonds is 9. The fourth-order valence-electron chi connectivity index (χ4n) is 5.95. The van der Waals surface area contributed by atoms with E-state index >= 15 is 0 Å². The van der Waals surface area contributed by atoms with E-state index in [1.165, 1.54) is 21.1 Å². The summed E-state index contributed by atoms with van der Waals surface area (Å²) in [6.07, 6.45) is 2.03. The van der Waals surface area contributed by atoms with Crippen LogP contribution >= 0.6 is 23.2 Å². The van der Waals surface area contributed by atoms with Gasteiger partial charge >= 0.3 is 0 Å². The Morgan fingerprint density at radius 3 is 2.47 bits per heavy atom. The molecule has 49 heavy (non-hydrogen) atoms. The molecule has 2 amide bonds. The SMILES string of the molecule is CC#CC(=O)N1CCN(C)CC1CCn1c(=O)c(-c2c(Cl)c(OC)cc(OC)c2Cl)cc2cnc(Nc3c(C)cccc3NC(C)=O)nc21. The zero-order valence-electron chi connectivity index (χ0n) is 28.1. The summed E-state index contributed by atoms with van der Waals surface area (Å²) < 4.78 is 12.5. The summed E-state index contributed by atoms with van der Waals surface area (Å²) in [6.45, 7) is 6.98. The van der Waals surface area contributed by atoms with Crippen molar-refractivity contribution in [1.29, 1.82) is 0 Å². The van der Waals surface area contributed by atoms with Gasteiger partial charge in [-0.3, -0.25) is 19.0 Å². The molecule has 1 aliphatic rings. The van der Waals surface area contributed by atoms with E-state index in [4.69, 9.17) is 37.7 Å². The van der Waals surface area contributed by atoms with Crippen LogP contribution < -0.4 is 25.7 Å². The van der Waals surface area contributed by atoms with E-state index in [9.17, 15) is 14.4 Å². The number of likely N-dealkylation sites (N-methyl/N-ethyl adjacent to an activating group) is 1. The number of halogens is 2. The summed E-state index contributed by atoms with van der Waals surface area (Å²) in [7, 11) is 4.92. The molecule has 1 saturated heterocycles. The van der Waals surface area contributed by atoms with Gasteiger partial charge < -0.3 is 29.9 Å². The minimum Gasteiger partial charge on any atom is -0.495 e. The number of amides is 2. The highest BCUT2D eigenvalue weighted by Gasteiger charge is 2.29. The summed E-state index contributed by atoms with van der Waals surface area (Å²) in [6, 6.07) is 8.48. The zero-order valence-corrected chi connectivity index (χ0v) is 29.6. The first-order valence-electron chi connectivity index (χ1n) is 15.5. The minimum atomic E-state index is -0.415. The van der Waals surface area contributed by atoms with Gasteiger partial charge in [0, 0.05) is 62.4 Å². The highest BCUT2D eigenvalue weighted by atomic mass is 35.5. The molecule has 2 aromatic carbocycles. The molecular formula is C35H37Cl2N7O5. The number of hydrogen-bond donors (Lipinski definition) is 2. The maximum Gasteiger partial charge on any atom is 0.298 e. The Bertz CT molecular complexity index is 2030. The maximum atomic E-state index is 14.6. The largest absolute Gasteiger partial charge is 0.495 e. The van der Waals surface area contributed by atoms with Crippen LogP contribution in [0.4, 0.5) is 17.3 Å². The Morgan fingerprint density at radius 1 is 1.10 bits per heavy atom. The highest BCUT2D eigenvalue weighted by Crippen LogP contribution is 2.45. The number of hydrogen-bond acceptors (Lipinski definition) is 9. The molecule has 0 bridgehead atoms. The second-order valence-electron chi connectivity index (χ2n) is 11.7. The van der Waals surface area contributed by atoms with Gasteiger partial charge in [0.05, 0.1) is 41.2 Å². The summed E-state index contributed by atoms with van der Waals surface area (Å²) in [5.74, 6) is 5.65. The van der Waals surface area contributed by atoms with Gasteiger partial charge in [-0.05, 0) is 50.9 Å². The van der Waals surface area contributed by atoms with Gasteiger partial charge in [0.2, 0.25) is 11.9 Å². The van der Waals surface area contributed by atoms with Crippen LogP contribution in [0.2, 0.25) is 10.0 Å². The van der Waals surface area contributed by atoms with Gasteiger partial charge in [0.15, 0.2) is 0 Å². The van der Waals surface area contributed by atoms with Crippen LogP contribution in [-0.4, -0.2) is 83.1 Å². The molecule has 2 aromatic heterocycles. The molecule has 14 heteroatoms. The van der Waals surface area contributed by atoms with Gasteiger partial charge in [0.25, 0.3) is 11.5 Å². The van der Waals surface area contributed by atoms with Crippen LogP contribution in [0.3, 0.4) is 0 Å². The Balaban J connectivity index is 1.68. The Labute approximate surface area is 294 Å². The molecule has 0 radical (unpaired) electrons. The predicted molar refractivity (Wildman–Crippen MR) is 192 cm³/mol. The van der Waals surface area contributed by atoms with Crippen LogP contribution in [0.5, 0.6) is 11.5 Å². The van der Waals surface area contributed by atoms with Crippen molar-refractivity contribution in [2.75, 3.05) is 51.5 Å². The molecule has 3 heterocycles. The van der Waals surface area contributed by atoms with Crippen molar-refractivity contribution >= 4 is 63.4 Å². The van der Waals surface area contributed by atoms with Crippen LogP contribution in [-0.2, 0) is 16.1 Å². The fourth-order valence-corrected chi connectivity index (χ4v) is 6.65. The van der Waals surface area contributed by atoms with E-state index in [0.29, 0.717) is 48.5 Å². The number of aromatic nitrogens is 3. The number of nitrogens with zero attached hydrogens (tertiary/aromatic N) is 5. The second-order valence-corrected chi connectivity index (χ2v) is 12.4. The first kappa shape index (κ1) is 35.5. The number of benzene rings is 2. The number of pyridine rings is 1. The number of piperazine rings is 1. The molecule has 1 fully saturated rings. The molecule has 12 nitrogen and oxygen atoms in total. The van der Waals surface area contributed by atoms with Crippen LogP contribution in [0.1, 0.15) is 25.8 Å². The number of ether oxygens (including phenoxy) is 2. The monoisotopic (exact) mass is 705 g/mol. The van der Waals surface area contributed by atoms with E-state index in [1.54, 1.807) is 40.8 Å². The first-order valence-corrected chi connectivity index (χ1v) is 16.3. The number of aryl methyl sites for hydroxylation is 2. The van der Waals surface area contributed by atoms with Crippen molar-refractivity contribution in [2.45, 2.75) is 39.8 Å². The lowest BCUT2D eigenvalue weighted by atomic mass is 10.0. The molecular weight excluding hydrogens is 669 g/mol. The molecule has 5 rings (SSSR count). The zero-order chi connectivity index (χ0) is 35.4. The van der Waals surface area contributed by atoms with Crippen molar-refractivity contribution in [3.63, 3.8) is 0 Å². The number of para-hydroxylation sites is 1. The lowest BCUT2D eigenvalue weighted by Gasteiger charge is -2.39. The summed E-state index contributed by atoms with van der Waals surface area (Å²) in [5.41, 5.74) is 2.39. The Morgan fingerprint density at radius 2 is 1.82 bits per heavy atom. The molecule has 4 aromatic rings. The molecule has 1 aliphatic heterocycles. The summed E-state index contributed by atoms with van der Waals surface area (Å²) in [4.78, 5) is 52.7. The number of anilines is 3. The van der Waals surface area contributed by atoms with Gasteiger partial charge in [-0.1, -0.05) is 41.3 Å². The molecule has 256 valence electrons. The smallest absolute Gasteiger partial charge is 0.298 e. The minimum absolute atomic E-state index is 0.143. The van der Waals surface area contributed by atoms with Gasteiger partial charge in [-0.25, -0.2) is 4.98 Å². The third-order valence-corrected chi connectivity index (χ3v) is 9.11. The standard InChI is InChI=1S/C35H37Cl2N7O5/c1-7-9-28(46)43-15-14-42(4)19-23(43)12-13-44-33-22(16-24(34(44)47)29-30(36)26(48-5)17-27(49-6)31(29)37)18-38-35(41-33)40-32-20(2)10-8-11-25(32)39-21(3)45/h8,10-11,16-18,23H,12-15,19H2,1-6H3,(H,39,45)(H,38,40,41). The summed E-state index contributed by atoms with van der Waals surface area (Å²) in [5, 5.41) is 6.87. The molecule has 1 atom stereocenters. The lowest BCUT2D eigenvalue weighted by Crippen LogP contribution is -2.54.